The zero-order valence-corrected chi connectivity index (χ0v) is 15.8. The average molecular weight is 388 g/mol. The summed E-state index contributed by atoms with van der Waals surface area (Å²) in [6.07, 6.45) is 3.57. The Morgan fingerprint density at radius 1 is 1.00 bits per heavy atom. The smallest absolute Gasteiger partial charge is 0.319 e. The highest BCUT2D eigenvalue weighted by Crippen LogP contribution is 2.28. The normalized spacial score (nSPS) is 14.6. The van der Waals surface area contributed by atoms with Crippen LogP contribution in [0.25, 0.3) is 0 Å². The molecule has 0 aliphatic carbocycles. The van der Waals surface area contributed by atoms with Gasteiger partial charge < -0.3 is 15.5 Å². The number of carbonyl (C=O) groups is 1. The molecule has 4 N–H and O–H groups in total. The fraction of sp³-hybridized carbons (Fsp3) is 0.316. The Morgan fingerprint density at radius 2 is 1.67 bits per heavy atom. The predicted octanol–water partition coefficient (Wildman–Crippen LogP) is 2.65. The number of nitrogens with zero attached hydrogens (tertiary/aromatic N) is 1. The molecule has 27 heavy (non-hydrogen) atoms. The maximum absolute atomic E-state index is 12.3. The van der Waals surface area contributed by atoms with Gasteiger partial charge in [0, 0.05) is 19.6 Å². The number of hydrogen-bond donors (Lipinski definition) is 3. The van der Waals surface area contributed by atoms with Crippen LogP contribution in [0.3, 0.4) is 0 Å². The molecule has 1 saturated heterocycles. The van der Waals surface area contributed by atoms with E-state index in [1.807, 2.05) is 24.3 Å². The molecule has 1 aliphatic rings. The van der Waals surface area contributed by atoms with Crippen molar-refractivity contribution in [3.63, 3.8) is 0 Å². The van der Waals surface area contributed by atoms with Gasteiger partial charge in [-0.2, -0.15) is 0 Å². The van der Waals surface area contributed by atoms with Crippen LogP contribution >= 0.6 is 0 Å². The molecule has 2 amide bonds. The van der Waals surface area contributed by atoms with Crippen LogP contribution < -0.4 is 20.7 Å². The van der Waals surface area contributed by atoms with Crippen molar-refractivity contribution in [1.29, 1.82) is 0 Å². The summed E-state index contributed by atoms with van der Waals surface area (Å²) in [6.45, 7) is 2.27. The molecule has 1 aliphatic heterocycles. The largest absolute Gasteiger partial charge is 0.370 e. The van der Waals surface area contributed by atoms with Crippen molar-refractivity contribution in [2.45, 2.75) is 30.7 Å². The number of carbonyl (C=O) groups excluding carboxylic acids is 1. The van der Waals surface area contributed by atoms with Gasteiger partial charge in [0.25, 0.3) is 0 Å². The quantitative estimate of drug-likeness (QED) is 0.732. The van der Waals surface area contributed by atoms with Crippen molar-refractivity contribution in [1.82, 2.24) is 5.32 Å². The van der Waals surface area contributed by atoms with Crippen LogP contribution in [-0.4, -0.2) is 27.5 Å². The number of nitrogens with two attached hydrogens (primary N) is 1. The molecule has 0 bridgehead atoms. The van der Waals surface area contributed by atoms with Gasteiger partial charge >= 0.3 is 6.03 Å². The van der Waals surface area contributed by atoms with Gasteiger partial charge in [0.1, 0.15) is 0 Å². The van der Waals surface area contributed by atoms with Crippen molar-refractivity contribution < 1.29 is 13.2 Å². The van der Waals surface area contributed by atoms with E-state index in [9.17, 15) is 13.2 Å². The fourth-order valence-electron chi connectivity index (χ4n) is 3.14. The van der Waals surface area contributed by atoms with Crippen molar-refractivity contribution in [2.75, 3.05) is 23.3 Å². The summed E-state index contributed by atoms with van der Waals surface area (Å²) in [5.41, 5.74) is 2.59. The molecule has 0 spiro atoms. The van der Waals surface area contributed by atoms with Crippen LogP contribution in [0.15, 0.2) is 53.4 Å². The molecule has 1 fully saturated rings. The average Bonchev–Trinajstić information content (AvgIpc) is 2.67. The van der Waals surface area contributed by atoms with Gasteiger partial charge in [-0.3, -0.25) is 0 Å². The van der Waals surface area contributed by atoms with E-state index in [1.165, 1.54) is 18.6 Å². The monoisotopic (exact) mass is 388 g/mol. The van der Waals surface area contributed by atoms with E-state index in [0.29, 0.717) is 0 Å². The van der Waals surface area contributed by atoms with Gasteiger partial charge in [-0.05, 0) is 49.1 Å². The molecule has 2 aromatic rings. The first-order chi connectivity index (χ1) is 12.9. The van der Waals surface area contributed by atoms with E-state index >= 15 is 0 Å². The minimum Gasteiger partial charge on any atom is -0.370 e. The molecular formula is C19H24N4O3S. The minimum atomic E-state index is -3.71. The predicted molar refractivity (Wildman–Crippen MR) is 106 cm³/mol. The van der Waals surface area contributed by atoms with Gasteiger partial charge in [-0.15, -0.1) is 0 Å². The number of urea groups is 1. The molecule has 144 valence electrons. The van der Waals surface area contributed by atoms with E-state index in [0.717, 1.165) is 42.9 Å². The van der Waals surface area contributed by atoms with E-state index in [2.05, 4.69) is 15.5 Å². The van der Waals surface area contributed by atoms with E-state index < -0.39 is 10.0 Å². The molecule has 7 nitrogen and oxygen atoms in total. The molecule has 3 rings (SSSR count). The van der Waals surface area contributed by atoms with E-state index in [-0.39, 0.29) is 17.5 Å². The first-order valence-electron chi connectivity index (χ1n) is 8.94. The highest BCUT2D eigenvalue weighted by molar-refractivity contribution is 7.89. The molecule has 0 saturated carbocycles. The third-order valence-electron chi connectivity index (χ3n) is 4.55. The number of anilines is 2. The molecule has 0 unspecified atom stereocenters. The van der Waals surface area contributed by atoms with E-state index in [1.54, 1.807) is 12.1 Å². The number of nitrogens with one attached hydrogen (secondary N) is 2. The Hall–Kier alpha value is -2.58. The lowest BCUT2D eigenvalue weighted by Crippen LogP contribution is -2.32. The first-order valence-corrected chi connectivity index (χ1v) is 10.5. The highest BCUT2D eigenvalue weighted by atomic mass is 32.2. The zero-order chi connectivity index (χ0) is 19.3. The fourth-order valence-corrected chi connectivity index (χ4v) is 3.65. The van der Waals surface area contributed by atoms with Crippen LogP contribution in [0, 0.1) is 0 Å². The van der Waals surface area contributed by atoms with Crippen molar-refractivity contribution in [3.8, 4) is 0 Å². The Morgan fingerprint density at radius 3 is 2.33 bits per heavy atom. The van der Waals surface area contributed by atoms with Gasteiger partial charge in [0.2, 0.25) is 10.0 Å². The van der Waals surface area contributed by atoms with Gasteiger partial charge in [0.15, 0.2) is 0 Å². The number of amides is 2. The lowest BCUT2D eigenvalue weighted by Gasteiger charge is -2.30. The minimum absolute atomic E-state index is 0.0474. The third kappa shape index (κ3) is 5.21. The number of primary sulfonamides is 1. The maximum atomic E-state index is 12.3. The Bertz CT molecular complexity index is 891. The summed E-state index contributed by atoms with van der Waals surface area (Å²) in [7, 11) is -3.71. The lowest BCUT2D eigenvalue weighted by molar-refractivity contribution is 0.251. The SMILES string of the molecule is NS(=O)(=O)c1ccc(CNC(=O)Nc2ccccc2N2CCCCC2)cc1. The molecule has 1 heterocycles. The zero-order valence-electron chi connectivity index (χ0n) is 15.0. The van der Waals surface area contributed by atoms with Crippen molar-refractivity contribution in [3.05, 3.63) is 54.1 Å². The maximum Gasteiger partial charge on any atom is 0.319 e. The van der Waals surface area contributed by atoms with Crippen LogP contribution in [0.5, 0.6) is 0 Å². The van der Waals surface area contributed by atoms with Crippen LogP contribution in [-0.2, 0) is 16.6 Å². The Balaban J connectivity index is 1.60. The van der Waals surface area contributed by atoms with Crippen LogP contribution in [0.1, 0.15) is 24.8 Å². The number of hydrogen-bond acceptors (Lipinski definition) is 4. The number of para-hydroxylation sites is 2. The summed E-state index contributed by atoms with van der Waals surface area (Å²) in [4.78, 5) is 14.6. The summed E-state index contributed by atoms with van der Waals surface area (Å²) >= 11 is 0. The Labute approximate surface area is 159 Å². The standard InChI is InChI=1S/C19H24N4O3S/c20-27(25,26)16-10-8-15(9-11-16)14-21-19(24)22-17-6-2-3-7-18(17)23-12-4-1-5-13-23/h2-3,6-11H,1,4-5,12-14H2,(H2,20,25,26)(H2,21,22,24). The number of benzene rings is 2. The second-order valence-electron chi connectivity index (χ2n) is 6.56. The third-order valence-corrected chi connectivity index (χ3v) is 5.48. The second kappa shape index (κ2) is 8.41. The van der Waals surface area contributed by atoms with Crippen molar-refractivity contribution in [2.24, 2.45) is 5.14 Å². The molecule has 2 aromatic carbocycles. The summed E-state index contributed by atoms with van der Waals surface area (Å²) in [5, 5.41) is 10.8. The van der Waals surface area contributed by atoms with Crippen LogP contribution in [0.2, 0.25) is 0 Å². The number of sulfonamides is 1. The van der Waals surface area contributed by atoms with Gasteiger partial charge in [-0.25, -0.2) is 18.4 Å². The molecule has 0 aromatic heterocycles. The summed E-state index contributed by atoms with van der Waals surface area (Å²) in [5.74, 6) is 0. The lowest BCUT2D eigenvalue weighted by atomic mass is 10.1. The molecule has 8 heteroatoms. The van der Waals surface area contributed by atoms with E-state index in [4.69, 9.17) is 5.14 Å². The summed E-state index contributed by atoms with van der Waals surface area (Å²) < 4.78 is 22.5. The topological polar surface area (TPSA) is 105 Å². The summed E-state index contributed by atoms with van der Waals surface area (Å²) in [6, 6.07) is 13.6. The van der Waals surface area contributed by atoms with Gasteiger partial charge in [0.05, 0.1) is 16.3 Å². The first kappa shape index (κ1) is 19.2. The van der Waals surface area contributed by atoms with Crippen molar-refractivity contribution >= 4 is 27.4 Å². The molecule has 0 atom stereocenters. The van der Waals surface area contributed by atoms with Crippen LogP contribution in [0.4, 0.5) is 16.2 Å². The Kier molecular flexibility index (Phi) is 5.98. The molecule has 0 radical (unpaired) electrons. The number of piperidine rings is 1. The number of rotatable bonds is 5. The second-order valence-corrected chi connectivity index (χ2v) is 8.12. The molecular weight excluding hydrogens is 364 g/mol. The van der Waals surface area contributed by atoms with Gasteiger partial charge in [-0.1, -0.05) is 24.3 Å². The highest BCUT2D eigenvalue weighted by Gasteiger charge is 2.15.